The average molecular weight is 353 g/mol. The van der Waals surface area contributed by atoms with Crippen LogP contribution in [0.25, 0.3) is 0 Å². The van der Waals surface area contributed by atoms with Gasteiger partial charge in [-0.15, -0.1) is 0 Å². The molecule has 0 radical (unpaired) electrons. The molecule has 0 bridgehead atoms. The Labute approximate surface area is 144 Å². The van der Waals surface area contributed by atoms with Gasteiger partial charge in [0.05, 0.1) is 12.9 Å². The highest BCUT2D eigenvalue weighted by Crippen LogP contribution is 2.44. The molecule has 0 N–H and O–H groups in total. The van der Waals surface area contributed by atoms with E-state index in [0.717, 1.165) is 38.9 Å². The highest BCUT2D eigenvalue weighted by Gasteiger charge is 2.48. The molecule has 1 aromatic rings. The summed E-state index contributed by atoms with van der Waals surface area (Å²) >= 11 is 0. The van der Waals surface area contributed by atoms with E-state index in [1.807, 2.05) is 12.3 Å². The molecule has 1 aromatic heterocycles. The van der Waals surface area contributed by atoms with E-state index in [4.69, 9.17) is 4.74 Å². The summed E-state index contributed by atoms with van der Waals surface area (Å²) in [4.78, 5) is 6.62. The Morgan fingerprint density at radius 1 is 1.38 bits per heavy atom. The third kappa shape index (κ3) is 3.96. The van der Waals surface area contributed by atoms with Gasteiger partial charge in [0, 0.05) is 38.6 Å². The Hall–Kier alpha value is -1.02. The van der Waals surface area contributed by atoms with Crippen molar-refractivity contribution < 1.29 is 13.2 Å². The fourth-order valence-electron chi connectivity index (χ4n) is 4.15. The van der Waals surface area contributed by atoms with Crippen LogP contribution >= 0.6 is 0 Å². The number of pyridine rings is 1. The zero-order valence-corrected chi connectivity index (χ0v) is 15.3. The van der Waals surface area contributed by atoms with Crippen molar-refractivity contribution in [1.29, 1.82) is 0 Å². The third-order valence-electron chi connectivity index (χ3n) is 5.40. The van der Waals surface area contributed by atoms with Gasteiger partial charge in [-0.05, 0) is 49.4 Å². The van der Waals surface area contributed by atoms with E-state index >= 15 is 0 Å². The molecule has 1 spiro atoms. The minimum absolute atomic E-state index is 0.0186. The van der Waals surface area contributed by atoms with Crippen LogP contribution in [0.4, 0.5) is 0 Å². The quantitative estimate of drug-likeness (QED) is 0.799. The highest BCUT2D eigenvalue weighted by atomic mass is 32.2. The second-order valence-corrected chi connectivity index (χ2v) is 9.19. The van der Waals surface area contributed by atoms with Crippen LogP contribution in [0.3, 0.4) is 0 Å². The molecule has 24 heavy (non-hydrogen) atoms. The maximum atomic E-state index is 12.1. The molecule has 134 valence electrons. The molecule has 2 aliphatic rings. The minimum Gasteiger partial charge on any atom is -0.383 e. The summed E-state index contributed by atoms with van der Waals surface area (Å²) < 4.78 is 31.1. The first-order valence-corrected chi connectivity index (χ1v) is 10.3. The molecule has 2 fully saturated rings. The molecule has 7 heteroatoms. The summed E-state index contributed by atoms with van der Waals surface area (Å²) in [7, 11) is -1.54. The molecule has 0 unspecified atom stereocenters. The second kappa shape index (κ2) is 7.07. The number of hydrogen-bond acceptors (Lipinski definition) is 5. The van der Waals surface area contributed by atoms with Crippen molar-refractivity contribution in [3.63, 3.8) is 0 Å². The van der Waals surface area contributed by atoms with E-state index in [1.54, 1.807) is 17.6 Å². The lowest BCUT2D eigenvalue weighted by Crippen LogP contribution is -2.42. The number of rotatable bonds is 5. The molecule has 1 atom stereocenters. The lowest BCUT2D eigenvalue weighted by atomic mass is 9.76. The van der Waals surface area contributed by atoms with Crippen LogP contribution in [0.15, 0.2) is 24.5 Å². The van der Waals surface area contributed by atoms with E-state index < -0.39 is 10.0 Å². The first-order chi connectivity index (χ1) is 11.4. The Morgan fingerprint density at radius 2 is 2.12 bits per heavy atom. The van der Waals surface area contributed by atoms with E-state index in [-0.39, 0.29) is 11.5 Å². The lowest BCUT2D eigenvalue weighted by Gasteiger charge is -2.39. The van der Waals surface area contributed by atoms with E-state index in [9.17, 15) is 8.42 Å². The average Bonchev–Trinajstić information content (AvgIpc) is 2.90. The molecule has 3 heterocycles. The van der Waals surface area contributed by atoms with Gasteiger partial charge in [-0.1, -0.05) is 6.07 Å². The van der Waals surface area contributed by atoms with Crippen molar-refractivity contribution in [3.05, 3.63) is 30.1 Å². The predicted molar refractivity (Wildman–Crippen MR) is 93.0 cm³/mol. The van der Waals surface area contributed by atoms with E-state index in [0.29, 0.717) is 13.2 Å². The summed E-state index contributed by atoms with van der Waals surface area (Å²) in [5.74, 6) is 0. The van der Waals surface area contributed by atoms with Gasteiger partial charge >= 0.3 is 0 Å². The predicted octanol–water partition coefficient (Wildman–Crippen LogP) is 1.34. The number of likely N-dealkylation sites (tertiary alicyclic amines) is 1. The van der Waals surface area contributed by atoms with Gasteiger partial charge in [-0.25, -0.2) is 8.42 Å². The number of sulfonamides is 1. The molecule has 6 nitrogen and oxygen atoms in total. The first kappa shape index (κ1) is 17.8. The van der Waals surface area contributed by atoms with Crippen LogP contribution in [0.5, 0.6) is 0 Å². The Bertz CT molecular complexity index is 642. The number of piperidine rings is 1. The number of methoxy groups -OCH3 is 1. The van der Waals surface area contributed by atoms with Crippen molar-refractivity contribution in [2.24, 2.45) is 5.41 Å². The molecule has 2 aliphatic heterocycles. The highest BCUT2D eigenvalue weighted by molar-refractivity contribution is 7.88. The SMILES string of the molecule is COC[C@H]1CC2(CCN(Cc3cccnc3)CC2)CN1S(C)(=O)=O. The van der Waals surface area contributed by atoms with Crippen LogP contribution in [0.1, 0.15) is 24.8 Å². The molecular weight excluding hydrogens is 326 g/mol. The Kier molecular flexibility index (Phi) is 5.24. The topological polar surface area (TPSA) is 62.7 Å². The largest absolute Gasteiger partial charge is 0.383 e. The van der Waals surface area contributed by atoms with E-state index in [1.165, 1.54) is 11.8 Å². The zero-order chi connectivity index (χ0) is 17.2. The van der Waals surface area contributed by atoms with Crippen molar-refractivity contribution >= 4 is 10.0 Å². The van der Waals surface area contributed by atoms with Gasteiger partial charge in [-0.2, -0.15) is 4.31 Å². The monoisotopic (exact) mass is 353 g/mol. The first-order valence-electron chi connectivity index (χ1n) is 8.49. The van der Waals surface area contributed by atoms with Crippen LogP contribution in [0, 0.1) is 5.41 Å². The summed E-state index contributed by atoms with van der Waals surface area (Å²) in [6.07, 6.45) is 8.02. The van der Waals surface area contributed by atoms with Gasteiger partial charge in [0.15, 0.2) is 0 Å². The number of aromatic nitrogens is 1. The summed E-state index contributed by atoms with van der Waals surface area (Å²) in [5.41, 5.74) is 1.34. The maximum Gasteiger partial charge on any atom is 0.211 e. The van der Waals surface area contributed by atoms with Crippen LogP contribution in [-0.2, 0) is 21.3 Å². The molecule has 0 saturated carbocycles. The van der Waals surface area contributed by atoms with Gasteiger partial charge in [0.1, 0.15) is 0 Å². The summed E-state index contributed by atoms with van der Waals surface area (Å²) in [6.45, 7) is 4.05. The molecular formula is C17H27N3O3S. The standard InChI is InChI=1S/C17H27N3O3S/c1-23-13-16-10-17(14-20(16)24(2,21)22)5-8-19(9-6-17)12-15-4-3-7-18-11-15/h3-4,7,11,16H,5-6,8-10,12-14H2,1-2H3/t16-/m1/s1. The van der Waals surface area contributed by atoms with Gasteiger partial charge in [0.2, 0.25) is 10.0 Å². The van der Waals surface area contributed by atoms with Crippen molar-refractivity contribution in [2.75, 3.05) is 39.6 Å². The number of hydrogen-bond donors (Lipinski definition) is 0. The minimum atomic E-state index is -3.18. The summed E-state index contributed by atoms with van der Waals surface area (Å²) in [6, 6.07) is 4.05. The van der Waals surface area contributed by atoms with Gasteiger partial charge in [0.25, 0.3) is 0 Å². The number of nitrogens with zero attached hydrogens (tertiary/aromatic N) is 3. The number of ether oxygens (including phenoxy) is 1. The van der Waals surface area contributed by atoms with Crippen molar-refractivity contribution in [3.8, 4) is 0 Å². The normalized spacial score (nSPS) is 25.3. The third-order valence-corrected chi connectivity index (χ3v) is 6.68. The zero-order valence-electron chi connectivity index (χ0n) is 14.5. The molecule has 0 aromatic carbocycles. The smallest absolute Gasteiger partial charge is 0.211 e. The molecule has 0 amide bonds. The molecule has 2 saturated heterocycles. The van der Waals surface area contributed by atoms with Gasteiger partial charge < -0.3 is 4.74 Å². The Balaban J connectivity index is 1.62. The van der Waals surface area contributed by atoms with E-state index in [2.05, 4.69) is 16.0 Å². The molecule has 0 aliphatic carbocycles. The van der Waals surface area contributed by atoms with Crippen LogP contribution in [0.2, 0.25) is 0 Å². The Morgan fingerprint density at radius 3 is 2.71 bits per heavy atom. The summed E-state index contributed by atoms with van der Waals surface area (Å²) in [5, 5.41) is 0. The van der Waals surface area contributed by atoms with Crippen LogP contribution < -0.4 is 0 Å². The van der Waals surface area contributed by atoms with Gasteiger partial charge in [-0.3, -0.25) is 9.88 Å². The van der Waals surface area contributed by atoms with Crippen LogP contribution in [-0.4, -0.2) is 68.3 Å². The maximum absolute atomic E-state index is 12.1. The van der Waals surface area contributed by atoms with Crippen molar-refractivity contribution in [1.82, 2.24) is 14.2 Å². The molecule has 3 rings (SSSR count). The second-order valence-electron chi connectivity index (χ2n) is 7.26. The fourth-order valence-corrected chi connectivity index (χ4v) is 5.33. The lowest BCUT2D eigenvalue weighted by molar-refractivity contribution is 0.105. The van der Waals surface area contributed by atoms with Crippen molar-refractivity contribution in [2.45, 2.75) is 31.8 Å². The fraction of sp³-hybridized carbons (Fsp3) is 0.706.